The first-order valence-electron chi connectivity index (χ1n) is 10.1. The lowest BCUT2D eigenvalue weighted by molar-refractivity contribution is 0.0526. The van der Waals surface area contributed by atoms with Crippen LogP contribution in [0.15, 0.2) is 30.3 Å². The van der Waals surface area contributed by atoms with Crippen molar-refractivity contribution in [3.63, 3.8) is 0 Å². The molecule has 140 valence electrons. The average molecular weight is 361 g/mol. The minimum absolute atomic E-state index is 0.229. The number of carbonyl (C=O) groups excluding carboxylic acids is 1. The molecule has 0 bridgehead atoms. The number of hydrogen-bond acceptors (Lipinski definition) is 2. The van der Waals surface area contributed by atoms with Gasteiger partial charge in [0.1, 0.15) is 0 Å². The summed E-state index contributed by atoms with van der Waals surface area (Å²) in [5.74, 6) is -0.229. The van der Waals surface area contributed by atoms with Crippen molar-refractivity contribution in [3.8, 4) is 0 Å². The third-order valence-electron chi connectivity index (χ3n) is 5.46. The molecule has 0 saturated heterocycles. The van der Waals surface area contributed by atoms with Gasteiger partial charge in [-0.25, -0.2) is 4.79 Å². The van der Waals surface area contributed by atoms with E-state index < -0.39 is 8.07 Å². The highest BCUT2D eigenvalue weighted by Gasteiger charge is 2.32. The second-order valence-electron chi connectivity index (χ2n) is 6.75. The number of carbonyl (C=O) groups is 1. The third-order valence-corrected chi connectivity index (χ3v) is 11.2. The predicted octanol–water partition coefficient (Wildman–Crippen LogP) is 6.87. The maximum atomic E-state index is 11.9. The van der Waals surface area contributed by atoms with Crippen LogP contribution < -0.4 is 0 Å². The lowest BCUT2D eigenvalue weighted by Crippen LogP contribution is -2.33. The summed E-state index contributed by atoms with van der Waals surface area (Å²) in [6, 6.07) is 11.9. The molecule has 25 heavy (non-hydrogen) atoms. The van der Waals surface area contributed by atoms with Crippen LogP contribution in [0.2, 0.25) is 18.1 Å². The molecule has 1 aromatic rings. The van der Waals surface area contributed by atoms with Crippen molar-refractivity contribution in [3.05, 3.63) is 41.5 Å². The highest BCUT2D eigenvalue weighted by atomic mass is 28.3. The number of esters is 1. The number of ether oxygens (including phenoxy) is 1. The van der Waals surface area contributed by atoms with E-state index in [1.54, 1.807) is 5.20 Å². The molecule has 0 aliphatic rings. The molecule has 0 aliphatic heterocycles. The van der Waals surface area contributed by atoms with E-state index in [-0.39, 0.29) is 5.97 Å². The van der Waals surface area contributed by atoms with Crippen LogP contribution in [-0.4, -0.2) is 20.7 Å². The van der Waals surface area contributed by atoms with Gasteiger partial charge in [0.25, 0.3) is 0 Å². The van der Waals surface area contributed by atoms with Crippen molar-refractivity contribution in [1.29, 1.82) is 0 Å². The highest BCUT2D eigenvalue weighted by molar-refractivity contribution is 6.96. The minimum Gasteiger partial charge on any atom is -0.462 e. The third kappa shape index (κ3) is 5.84. The summed E-state index contributed by atoms with van der Waals surface area (Å²) in [5.41, 5.74) is 1.95. The molecular weight excluding hydrogens is 324 g/mol. The molecular formula is C22H36O2Si. The summed E-state index contributed by atoms with van der Waals surface area (Å²) in [4.78, 5) is 11.9. The molecule has 0 aliphatic carbocycles. The highest BCUT2D eigenvalue weighted by Crippen LogP contribution is 2.36. The Morgan fingerprint density at radius 3 is 1.96 bits per heavy atom. The van der Waals surface area contributed by atoms with E-state index in [2.05, 4.69) is 45.9 Å². The van der Waals surface area contributed by atoms with Crippen molar-refractivity contribution in [2.75, 3.05) is 6.61 Å². The molecule has 0 heterocycles. The van der Waals surface area contributed by atoms with Gasteiger partial charge in [0, 0.05) is 0 Å². The Kier molecular flexibility index (Phi) is 9.80. The van der Waals surface area contributed by atoms with Gasteiger partial charge >= 0.3 is 5.97 Å². The molecule has 0 amide bonds. The van der Waals surface area contributed by atoms with E-state index >= 15 is 0 Å². The Hall–Kier alpha value is -1.35. The molecule has 0 N–H and O–H groups in total. The lowest BCUT2D eigenvalue weighted by atomic mass is 10.1. The van der Waals surface area contributed by atoms with E-state index in [1.807, 2.05) is 19.1 Å². The van der Waals surface area contributed by atoms with E-state index in [0.717, 1.165) is 6.42 Å². The molecule has 0 unspecified atom stereocenters. The van der Waals surface area contributed by atoms with Crippen LogP contribution >= 0.6 is 0 Å². The fourth-order valence-corrected chi connectivity index (χ4v) is 7.60. The van der Waals surface area contributed by atoms with Gasteiger partial charge in [-0.3, -0.25) is 0 Å². The summed E-state index contributed by atoms with van der Waals surface area (Å²) in [5, 5.41) is 1.59. The van der Waals surface area contributed by atoms with E-state index in [9.17, 15) is 4.79 Å². The Balaban J connectivity index is 3.16. The molecule has 0 radical (unpaired) electrons. The molecule has 0 fully saturated rings. The van der Waals surface area contributed by atoms with Crippen molar-refractivity contribution < 1.29 is 9.53 Å². The van der Waals surface area contributed by atoms with Crippen molar-refractivity contribution >= 4 is 19.2 Å². The fourth-order valence-electron chi connectivity index (χ4n) is 3.60. The summed E-state index contributed by atoms with van der Waals surface area (Å²) >= 11 is 0. The van der Waals surface area contributed by atoms with Gasteiger partial charge in [-0.05, 0) is 37.5 Å². The fraction of sp³-hybridized carbons (Fsp3) is 0.591. The van der Waals surface area contributed by atoms with Crippen LogP contribution in [0.25, 0.3) is 5.20 Å². The predicted molar refractivity (Wildman–Crippen MR) is 112 cm³/mol. The summed E-state index contributed by atoms with van der Waals surface area (Å²) in [6.07, 6.45) is 7.50. The second-order valence-corrected chi connectivity index (χ2v) is 12.0. The van der Waals surface area contributed by atoms with Crippen LogP contribution in [0.1, 0.15) is 76.2 Å². The normalized spacial score (nSPS) is 12.3. The largest absolute Gasteiger partial charge is 0.462 e. The average Bonchev–Trinajstić information content (AvgIpc) is 2.65. The van der Waals surface area contributed by atoms with Crippen LogP contribution in [0, 0.1) is 0 Å². The van der Waals surface area contributed by atoms with Crippen LogP contribution in [0.5, 0.6) is 0 Å². The zero-order valence-corrected chi connectivity index (χ0v) is 17.9. The summed E-state index contributed by atoms with van der Waals surface area (Å²) in [6.45, 7) is 11.6. The van der Waals surface area contributed by atoms with Crippen molar-refractivity contribution in [2.24, 2.45) is 0 Å². The minimum atomic E-state index is -1.46. The van der Waals surface area contributed by atoms with Crippen LogP contribution in [-0.2, 0) is 4.74 Å². The Morgan fingerprint density at radius 1 is 0.920 bits per heavy atom. The van der Waals surface area contributed by atoms with Gasteiger partial charge in [0.15, 0.2) is 0 Å². The number of benzene rings is 1. The van der Waals surface area contributed by atoms with Crippen molar-refractivity contribution in [1.82, 2.24) is 0 Å². The topological polar surface area (TPSA) is 26.3 Å². The zero-order chi connectivity index (χ0) is 18.7. The quantitative estimate of drug-likeness (QED) is 0.244. The molecule has 0 spiro atoms. The van der Waals surface area contributed by atoms with Crippen molar-refractivity contribution in [2.45, 2.75) is 78.4 Å². The maximum Gasteiger partial charge on any atom is 0.338 e. The van der Waals surface area contributed by atoms with Gasteiger partial charge in [-0.1, -0.05) is 82.1 Å². The zero-order valence-electron chi connectivity index (χ0n) is 16.9. The molecule has 1 rings (SSSR count). The lowest BCUT2D eigenvalue weighted by Gasteiger charge is -2.32. The Labute approximate surface area is 155 Å². The molecule has 0 saturated carbocycles. The molecule has 1 aromatic carbocycles. The molecule has 3 heteroatoms. The van der Waals surface area contributed by atoms with E-state index in [0.29, 0.717) is 12.2 Å². The number of hydrogen-bond donors (Lipinski definition) is 0. The van der Waals surface area contributed by atoms with E-state index in [1.165, 1.54) is 43.0 Å². The number of unbranched alkanes of at least 4 members (excludes halogenated alkanes) is 3. The van der Waals surface area contributed by atoms with Crippen LogP contribution in [0.3, 0.4) is 0 Å². The molecule has 2 nitrogen and oxygen atoms in total. The number of rotatable bonds is 11. The monoisotopic (exact) mass is 360 g/mol. The molecule has 0 aromatic heterocycles. The maximum absolute atomic E-state index is 11.9. The van der Waals surface area contributed by atoms with Gasteiger partial charge in [0.2, 0.25) is 0 Å². The van der Waals surface area contributed by atoms with Gasteiger partial charge < -0.3 is 4.74 Å². The first-order chi connectivity index (χ1) is 12.1. The Morgan fingerprint density at radius 2 is 1.48 bits per heavy atom. The SMILES string of the molecule is CCCCC/C=C(/c1ccc(C(=O)OCC)cc1)[Si](CC)(CC)CC. The smallest absolute Gasteiger partial charge is 0.338 e. The Bertz CT molecular complexity index is 533. The number of allylic oxidation sites excluding steroid dienone is 1. The summed E-state index contributed by atoms with van der Waals surface area (Å²) < 4.78 is 5.11. The van der Waals surface area contributed by atoms with Gasteiger partial charge in [0.05, 0.1) is 20.2 Å². The second kappa shape index (κ2) is 11.3. The first kappa shape index (κ1) is 21.7. The summed E-state index contributed by atoms with van der Waals surface area (Å²) in [7, 11) is -1.46. The molecule has 0 atom stereocenters. The van der Waals surface area contributed by atoms with Gasteiger partial charge in [-0.2, -0.15) is 0 Å². The van der Waals surface area contributed by atoms with E-state index in [4.69, 9.17) is 4.74 Å². The standard InChI is InChI=1S/C22H36O2Si/c1-6-11-12-13-14-21(25(8-3,9-4)10-5)19-15-17-20(18-16-19)22(23)24-7-2/h14-18H,6-13H2,1-5H3/b21-14-. The first-order valence-corrected chi connectivity index (χ1v) is 12.7. The van der Waals surface area contributed by atoms with Crippen LogP contribution in [0.4, 0.5) is 0 Å². The van der Waals surface area contributed by atoms with Gasteiger partial charge in [-0.15, -0.1) is 0 Å².